The van der Waals surface area contributed by atoms with Crippen LogP contribution in [0.5, 0.6) is 5.75 Å². The molecule has 0 spiro atoms. The van der Waals surface area contributed by atoms with E-state index >= 15 is 0 Å². The summed E-state index contributed by atoms with van der Waals surface area (Å²) in [6.07, 6.45) is 4.62. The highest BCUT2D eigenvalue weighted by molar-refractivity contribution is 7.88. The standard InChI is InChI=1S/C24H27F3N4O3S/c1-35(32,33)31-10-6-16(7-11-31)20-12-18-13-21(34-22(18)15-28-20)17-4-8-30(9-5-17)23-3-2-19(14-29-23)24(25,26)27/h2-3,6,12,14-15,17,21H,4-5,7-11,13H2,1H3. The molecule has 3 aliphatic rings. The highest BCUT2D eigenvalue weighted by Gasteiger charge is 2.35. The molecule has 0 radical (unpaired) electrons. The molecule has 0 saturated carbocycles. The van der Waals surface area contributed by atoms with Crippen molar-refractivity contribution in [2.75, 3.05) is 37.3 Å². The number of hydrogen-bond donors (Lipinski definition) is 0. The Labute approximate surface area is 202 Å². The smallest absolute Gasteiger partial charge is 0.417 e. The molecule has 5 heterocycles. The summed E-state index contributed by atoms with van der Waals surface area (Å²) in [5.74, 6) is 1.70. The molecule has 0 N–H and O–H groups in total. The molecule has 0 bridgehead atoms. The molecule has 35 heavy (non-hydrogen) atoms. The largest absolute Gasteiger partial charge is 0.488 e. The Morgan fingerprint density at radius 1 is 1.09 bits per heavy atom. The van der Waals surface area contributed by atoms with Crippen molar-refractivity contribution in [3.8, 4) is 5.75 Å². The van der Waals surface area contributed by atoms with Gasteiger partial charge in [-0.15, -0.1) is 0 Å². The molecule has 7 nitrogen and oxygen atoms in total. The van der Waals surface area contributed by atoms with Gasteiger partial charge >= 0.3 is 6.18 Å². The lowest BCUT2D eigenvalue weighted by molar-refractivity contribution is -0.137. The van der Waals surface area contributed by atoms with Crippen molar-refractivity contribution in [3.63, 3.8) is 0 Å². The Morgan fingerprint density at radius 3 is 2.46 bits per heavy atom. The van der Waals surface area contributed by atoms with E-state index in [-0.39, 0.29) is 6.10 Å². The number of nitrogens with zero attached hydrogens (tertiary/aromatic N) is 4. The Kier molecular flexibility index (Phi) is 6.25. The molecule has 1 atom stereocenters. The first-order chi connectivity index (χ1) is 16.6. The second kappa shape index (κ2) is 9.09. The van der Waals surface area contributed by atoms with Crippen molar-refractivity contribution in [1.29, 1.82) is 0 Å². The molecule has 2 aromatic heterocycles. The van der Waals surface area contributed by atoms with E-state index in [4.69, 9.17) is 4.74 Å². The zero-order valence-electron chi connectivity index (χ0n) is 19.3. The summed E-state index contributed by atoms with van der Waals surface area (Å²) in [6, 6.07) is 4.57. The summed E-state index contributed by atoms with van der Waals surface area (Å²) in [4.78, 5) is 10.6. The predicted molar refractivity (Wildman–Crippen MR) is 126 cm³/mol. The molecule has 1 fully saturated rings. The van der Waals surface area contributed by atoms with E-state index < -0.39 is 21.8 Å². The van der Waals surface area contributed by atoms with Gasteiger partial charge in [0.15, 0.2) is 0 Å². The molecule has 0 aromatic carbocycles. The molecule has 1 saturated heterocycles. The summed E-state index contributed by atoms with van der Waals surface area (Å²) in [5.41, 5.74) is 2.29. The van der Waals surface area contributed by atoms with Gasteiger partial charge in [-0.2, -0.15) is 17.5 Å². The van der Waals surface area contributed by atoms with Gasteiger partial charge in [0.25, 0.3) is 0 Å². The van der Waals surface area contributed by atoms with Crippen molar-refractivity contribution in [2.24, 2.45) is 5.92 Å². The topological polar surface area (TPSA) is 75.6 Å². The molecule has 2 aromatic rings. The minimum atomic E-state index is -4.38. The van der Waals surface area contributed by atoms with Crippen LogP contribution in [-0.4, -0.2) is 61.2 Å². The molecule has 0 aliphatic carbocycles. The Morgan fingerprint density at radius 2 is 1.86 bits per heavy atom. The number of aromatic nitrogens is 2. The lowest BCUT2D eigenvalue weighted by Gasteiger charge is -2.35. The van der Waals surface area contributed by atoms with E-state index in [1.807, 2.05) is 11.0 Å². The maximum Gasteiger partial charge on any atom is 0.417 e. The van der Waals surface area contributed by atoms with Crippen LogP contribution in [0.2, 0.25) is 0 Å². The van der Waals surface area contributed by atoms with Crippen LogP contribution in [0, 0.1) is 5.92 Å². The number of hydrogen-bond acceptors (Lipinski definition) is 6. The van der Waals surface area contributed by atoms with Gasteiger partial charge in [0, 0.05) is 44.4 Å². The van der Waals surface area contributed by atoms with E-state index in [0.717, 1.165) is 54.1 Å². The average Bonchev–Trinajstić information content (AvgIpc) is 3.27. The van der Waals surface area contributed by atoms with Gasteiger partial charge in [0.05, 0.1) is 23.7 Å². The van der Waals surface area contributed by atoms with Crippen LogP contribution in [0.25, 0.3) is 5.57 Å². The van der Waals surface area contributed by atoms with Gasteiger partial charge in [-0.05, 0) is 49.0 Å². The van der Waals surface area contributed by atoms with E-state index in [2.05, 4.69) is 16.0 Å². The van der Waals surface area contributed by atoms with Crippen LogP contribution >= 0.6 is 0 Å². The van der Waals surface area contributed by atoms with E-state index in [0.29, 0.717) is 44.3 Å². The van der Waals surface area contributed by atoms with E-state index in [9.17, 15) is 21.6 Å². The third-order valence-electron chi connectivity index (χ3n) is 7.08. The van der Waals surface area contributed by atoms with Crippen LogP contribution in [0.15, 0.2) is 36.7 Å². The van der Waals surface area contributed by atoms with Crippen LogP contribution in [0.1, 0.15) is 36.1 Å². The number of sulfonamides is 1. The van der Waals surface area contributed by atoms with E-state index in [1.54, 1.807) is 6.20 Å². The summed E-state index contributed by atoms with van der Waals surface area (Å²) in [7, 11) is -3.19. The van der Waals surface area contributed by atoms with Crippen LogP contribution < -0.4 is 9.64 Å². The summed E-state index contributed by atoms with van der Waals surface area (Å²) < 4.78 is 69.5. The second-order valence-corrected chi connectivity index (χ2v) is 11.3. The molecule has 1 unspecified atom stereocenters. The Hall–Kier alpha value is -2.66. The second-order valence-electron chi connectivity index (χ2n) is 9.37. The van der Waals surface area contributed by atoms with Gasteiger partial charge in [-0.25, -0.2) is 13.4 Å². The summed E-state index contributed by atoms with van der Waals surface area (Å²) in [5, 5.41) is 0. The Balaban J connectivity index is 1.18. The average molecular weight is 509 g/mol. The zero-order chi connectivity index (χ0) is 24.8. The van der Waals surface area contributed by atoms with Crippen LogP contribution in [-0.2, 0) is 22.6 Å². The number of alkyl halides is 3. The van der Waals surface area contributed by atoms with Gasteiger partial charge < -0.3 is 9.64 Å². The van der Waals surface area contributed by atoms with E-state index in [1.165, 1.54) is 16.6 Å². The van der Waals surface area contributed by atoms with Crippen molar-refractivity contribution >= 4 is 21.4 Å². The first-order valence-corrected chi connectivity index (χ1v) is 13.5. The van der Waals surface area contributed by atoms with Gasteiger partial charge in [-0.3, -0.25) is 4.98 Å². The van der Waals surface area contributed by atoms with Crippen molar-refractivity contribution in [2.45, 2.75) is 38.0 Å². The lowest BCUT2D eigenvalue weighted by atomic mass is 9.89. The fourth-order valence-electron chi connectivity index (χ4n) is 5.04. The molecule has 3 aliphatic heterocycles. The molecule has 0 amide bonds. The molecule has 188 valence electrons. The van der Waals surface area contributed by atoms with Crippen LogP contribution in [0.3, 0.4) is 0 Å². The molecular weight excluding hydrogens is 481 g/mol. The summed E-state index contributed by atoms with van der Waals surface area (Å²) >= 11 is 0. The van der Waals surface area contributed by atoms with Crippen molar-refractivity contribution in [3.05, 3.63) is 53.5 Å². The molecule has 11 heteroatoms. The van der Waals surface area contributed by atoms with Gasteiger partial charge in [-0.1, -0.05) is 6.08 Å². The third-order valence-corrected chi connectivity index (χ3v) is 8.35. The minimum Gasteiger partial charge on any atom is -0.488 e. The maximum absolute atomic E-state index is 12.8. The predicted octanol–water partition coefficient (Wildman–Crippen LogP) is 3.76. The quantitative estimate of drug-likeness (QED) is 0.626. The number of ether oxygens (including phenoxy) is 1. The normalized spacial score (nSPS) is 22.0. The SMILES string of the molecule is CS(=O)(=O)N1CC=C(c2cc3c(cn2)OC(C2CCN(c4ccc(C(F)(F)F)cn4)CC2)C3)CC1. The van der Waals surface area contributed by atoms with Gasteiger partial charge in [0.2, 0.25) is 10.0 Å². The number of rotatable bonds is 4. The lowest BCUT2D eigenvalue weighted by Crippen LogP contribution is -2.39. The molecule has 5 rings (SSSR count). The minimum absolute atomic E-state index is 0.0471. The number of anilines is 1. The first-order valence-electron chi connectivity index (χ1n) is 11.7. The fourth-order valence-corrected chi connectivity index (χ4v) is 5.80. The maximum atomic E-state index is 12.8. The fraction of sp³-hybridized carbons (Fsp3) is 0.500. The van der Waals surface area contributed by atoms with Crippen molar-refractivity contribution in [1.82, 2.24) is 14.3 Å². The van der Waals surface area contributed by atoms with Crippen molar-refractivity contribution < 1.29 is 26.3 Å². The zero-order valence-corrected chi connectivity index (χ0v) is 20.1. The highest BCUT2D eigenvalue weighted by atomic mass is 32.2. The number of halogens is 3. The number of fused-ring (bicyclic) bond motifs is 1. The first kappa shape index (κ1) is 24.1. The van der Waals surface area contributed by atoms with Gasteiger partial charge in [0.1, 0.15) is 17.7 Å². The highest BCUT2D eigenvalue weighted by Crippen LogP contribution is 2.37. The summed E-state index contributed by atoms with van der Waals surface area (Å²) in [6.45, 7) is 2.24. The number of piperidine rings is 1. The Bertz CT molecular complexity index is 1220. The molecular formula is C24H27F3N4O3S. The van der Waals surface area contributed by atoms with Crippen LogP contribution in [0.4, 0.5) is 19.0 Å². The third kappa shape index (κ3) is 5.16. The number of pyridine rings is 2. The monoisotopic (exact) mass is 508 g/mol.